The molecule has 12 N–H and O–H groups in total. The normalized spacial score (nSPS) is 16.1. The van der Waals surface area contributed by atoms with Gasteiger partial charge in [-0.2, -0.15) is 0 Å². The molecule has 0 aliphatic carbocycles. The van der Waals surface area contributed by atoms with Gasteiger partial charge in [-0.1, -0.05) is 12.2 Å². The van der Waals surface area contributed by atoms with E-state index in [0.717, 1.165) is 18.1 Å². The van der Waals surface area contributed by atoms with E-state index in [9.17, 15) is 77.0 Å². The Balaban J connectivity index is 7.38. The first-order valence-corrected chi connectivity index (χ1v) is 23.0. The van der Waals surface area contributed by atoms with Crippen LogP contribution in [-0.2, 0) is 76.7 Å². The molecule has 0 aromatic carbocycles. The van der Waals surface area contributed by atoms with Crippen LogP contribution < -0.4 is 58.5 Å². The number of aliphatic carboxylic acids is 1. The second-order valence-electron chi connectivity index (χ2n) is 16.6. The van der Waals surface area contributed by atoms with Gasteiger partial charge in [0, 0.05) is 25.8 Å². The molecule has 0 rings (SSSR count). The molecular weight excluding hydrogens is 981 g/mol. The molecule has 0 aromatic heterocycles. The lowest BCUT2D eigenvalue weighted by atomic mass is 10.1. The Bertz CT molecular complexity index is 2010. The molecule has 0 aliphatic heterocycles. The summed E-state index contributed by atoms with van der Waals surface area (Å²) >= 11 is 0. The van der Waals surface area contributed by atoms with Gasteiger partial charge in [-0.25, -0.2) is 0 Å². The molecule has 0 aromatic rings. The van der Waals surface area contributed by atoms with Crippen LogP contribution in [0.2, 0.25) is 0 Å². The number of esters is 1. The van der Waals surface area contributed by atoms with Crippen LogP contribution in [0.1, 0.15) is 73.6 Å². The van der Waals surface area contributed by atoms with E-state index >= 15 is 0 Å². The first kappa shape index (κ1) is 66.7. The minimum Gasteiger partial charge on any atom is -0.481 e. The van der Waals surface area contributed by atoms with Crippen molar-refractivity contribution >= 4 is 90.9 Å². The lowest BCUT2D eigenvalue weighted by Gasteiger charge is -2.36. The predicted molar refractivity (Wildman–Crippen MR) is 259 cm³/mol. The zero-order chi connectivity index (χ0) is 56.7. The summed E-state index contributed by atoms with van der Waals surface area (Å²) in [5.74, 6) is -9.98. The molecule has 74 heavy (non-hydrogen) atoms. The second kappa shape index (κ2) is 35.7. The molecule has 0 saturated heterocycles. The zero-order valence-electron chi connectivity index (χ0n) is 42.2. The largest absolute Gasteiger partial charge is 0.481 e. The van der Waals surface area contributed by atoms with Gasteiger partial charge in [0.15, 0.2) is 30.4 Å². The maximum atomic E-state index is 14.4. The molecule has 0 saturated carbocycles. The van der Waals surface area contributed by atoms with Crippen LogP contribution in [0.15, 0.2) is 25.3 Å². The fourth-order valence-electron chi connectivity index (χ4n) is 6.15. The number of amides is 6. The number of carboxylic acids is 1. The Kier molecular flexibility index (Phi) is 32.2. The van der Waals surface area contributed by atoms with Crippen molar-refractivity contribution in [3.8, 4) is 0 Å². The van der Waals surface area contributed by atoms with Gasteiger partial charge in [0.1, 0.15) is 56.0 Å². The van der Waals surface area contributed by atoms with Crippen LogP contribution in [0.5, 0.6) is 0 Å². The second-order valence-corrected chi connectivity index (χ2v) is 16.6. The van der Waals surface area contributed by atoms with Crippen LogP contribution in [0.3, 0.4) is 0 Å². The van der Waals surface area contributed by atoms with Crippen molar-refractivity contribution in [3.63, 3.8) is 0 Å². The third-order valence-electron chi connectivity index (χ3n) is 10.1. The Morgan fingerprint density at radius 1 is 0.541 bits per heavy atom. The number of rotatable bonds is 41. The smallest absolute Gasteiger partial charge is 0.323 e. The Hall–Kier alpha value is -7.31. The van der Waals surface area contributed by atoms with Gasteiger partial charge in [0.25, 0.3) is 23.6 Å². The average molecular weight is 1050 g/mol. The highest BCUT2D eigenvalue weighted by Crippen LogP contribution is 2.08. The molecular formula is C45H70N12O17. The predicted octanol–water partition coefficient (Wildman–Crippen LogP) is -6.03. The number of hydrogen-bond acceptors (Lipinski definition) is 22. The van der Waals surface area contributed by atoms with E-state index < -0.39 is 158 Å². The molecule has 0 aliphatic rings. The van der Waals surface area contributed by atoms with E-state index in [1.165, 1.54) is 47.6 Å². The summed E-state index contributed by atoms with van der Waals surface area (Å²) in [7, 11) is 0.984. The van der Waals surface area contributed by atoms with E-state index in [1.807, 2.05) is 0 Å². The highest BCUT2D eigenvalue weighted by molar-refractivity contribution is 5.98. The minimum atomic E-state index is -2.06. The van der Waals surface area contributed by atoms with Crippen molar-refractivity contribution in [3.05, 3.63) is 25.3 Å². The summed E-state index contributed by atoms with van der Waals surface area (Å²) in [6.45, 7) is 14.3. The highest BCUT2D eigenvalue weighted by Gasteiger charge is 2.39. The summed E-state index contributed by atoms with van der Waals surface area (Å²) in [4.78, 5) is 192. The molecule has 0 spiro atoms. The van der Waals surface area contributed by atoms with Crippen molar-refractivity contribution < 1.29 is 81.8 Å². The third kappa shape index (κ3) is 24.9. The zero-order valence-corrected chi connectivity index (χ0v) is 42.2. The molecule has 13 atom stereocenters. The monoisotopic (exact) mass is 1050 g/mol. The lowest BCUT2D eigenvalue weighted by Crippen LogP contribution is -2.69. The van der Waals surface area contributed by atoms with Gasteiger partial charge in [-0.15, -0.1) is 13.2 Å². The topological polar surface area (TPSA) is 421 Å². The summed E-state index contributed by atoms with van der Waals surface area (Å²) in [5, 5.41) is 35.9. The van der Waals surface area contributed by atoms with Crippen molar-refractivity contribution in [1.29, 1.82) is 0 Å². The molecule has 6 amide bonds. The summed E-state index contributed by atoms with van der Waals surface area (Å²) in [6.07, 6.45) is -6.84. The number of ketones is 1. The number of carboxylic acid groups (broad SMARTS) is 1. The van der Waals surface area contributed by atoms with Gasteiger partial charge in [-0.05, 0) is 54.4 Å². The molecule has 412 valence electrons. The number of allylic oxidation sites excluding steroid dienone is 1. The van der Waals surface area contributed by atoms with Crippen molar-refractivity contribution in [2.24, 2.45) is 0 Å². The standard InChI is InChI=1S/C45H70N12O17/c1-10-12-13-33(65)51-29(8)40(68)56-38(49-27(6)21-61)44(72)57(16-11-2)39(50-28(7)22-62)43(71)55-37(48-26(5)20-60)42(70)54-36(47-25(4)19-59)41(69)53-35(52-30(23-63)14-15-34(66)67)32(64)17-31(45(73)74-9)46-24(3)18-58/h10-11,18-31,35-39,46-50,52H,1-2,12-17H2,3-9H3,(H,51,65)(H,53,69)(H,54,70)(H,55,71)(H,56,68)(H,66,67)/t24-,25-,26-,27-,28-,29-,30+,31+,35+,36+,37+,38+,39+/m0/s1. The third-order valence-corrected chi connectivity index (χ3v) is 10.1. The van der Waals surface area contributed by atoms with E-state index in [0.29, 0.717) is 31.4 Å². The Morgan fingerprint density at radius 2 is 1.00 bits per heavy atom. The molecule has 0 bridgehead atoms. The molecule has 29 nitrogen and oxygen atoms in total. The van der Waals surface area contributed by atoms with Crippen LogP contribution >= 0.6 is 0 Å². The molecule has 29 heteroatoms. The van der Waals surface area contributed by atoms with Gasteiger partial charge in [-0.3, -0.25) is 75.1 Å². The molecule has 0 fully saturated rings. The number of hydrogen-bond donors (Lipinski definition) is 12. The minimum absolute atomic E-state index is 0.0157. The molecule has 0 heterocycles. The summed E-state index contributed by atoms with van der Waals surface area (Å²) in [5.41, 5.74) is 0. The van der Waals surface area contributed by atoms with Crippen LogP contribution in [0.25, 0.3) is 0 Å². The molecule has 0 radical (unpaired) electrons. The van der Waals surface area contributed by atoms with Crippen LogP contribution in [-0.4, -0.2) is 194 Å². The average Bonchev–Trinajstić information content (AvgIpc) is 3.37. The van der Waals surface area contributed by atoms with Crippen molar-refractivity contribution in [2.45, 2.75) is 153 Å². The maximum Gasteiger partial charge on any atom is 0.323 e. The maximum absolute atomic E-state index is 14.4. The van der Waals surface area contributed by atoms with E-state index in [2.05, 4.69) is 71.6 Å². The first-order valence-electron chi connectivity index (χ1n) is 23.0. The van der Waals surface area contributed by atoms with Gasteiger partial charge in [0.05, 0.1) is 43.4 Å². The fraction of sp³-hybridized carbons (Fsp3) is 0.578. The van der Waals surface area contributed by atoms with E-state index in [1.54, 1.807) is 0 Å². The number of Topliss-reactive ketones (excluding diaryl/α,β-unsaturated/α-hetero) is 1. The van der Waals surface area contributed by atoms with Crippen LogP contribution in [0.4, 0.5) is 0 Å². The Labute approximate surface area is 427 Å². The van der Waals surface area contributed by atoms with Crippen LogP contribution in [0, 0.1) is 0 Å². The summed E-state index contributed by atoms with van der Waals surface area (Å²) < 4.78 is 4.72. The number of nitrogens with one attached hydrogen (secondary N) is 11. The number of methoxy groups -OCH3 is 1. The Morgan fingerprint density at radius 3 is 1.46 bits per heavy atom. The number of ether oxygens (including phenoxy) is 1. The van der Waals surface area contributed by atoms with Crippen molar-refractivity contribution in [1.82, 2.24) is 63.4 Å². The number of nitrogens with zero attached hydrogens (tertiary/aromatic N) is 1. The SMILES string of the molecule is C=CCCC(=O)N[C@@H](C)C(=O)N[C@@H](N[C@@H](C)C=O)C(=O)N(CC=C)[C@@H](N[C@@H](C)C=O)C(=O)N[C@@H](N[C@@H](C)C=O)C(=O)N[C@@H](N[C@@H](C)C=O)C(=O)N[C@@H](N[C@@H](C=O)CCC(=O)O)C(=O)C[C@@H](N[C@@H](C)C=O)C(=O)OC. The number of carbonyl (C=O) groups excluding carboxylic acids is 14. The van der Waals surface area contributed by atoms with Gasteiger partial charge in [0.2, 0.25) is 11.8 Å². The fourth-order valence-corrected chi connectivity index (χ4v) is 6.15. The summed E-state index contributed by atoms with van der Waals surface area (Å²) in [6, 6.07) is -10.1. The number of carbonyl (C=O) groups is 15. The highest BCUT2D eigenvalue weighted by atomic mass is 16.5. The van der Waals surface area contributed by atoms with Gasteiger partial charge >= 0.3 is 11.9 Å². The van der Waals surface area contributed by atoms with Gasteiger partial charge < -0.3 is 70.1 Å². The van der Waals surface area contributed by atoms with E-state index in [4.69, 9.17) is 4.74 Å². The van der Waals surface area contributed by atoms with E-state index in [-0.39, 0.29) is 19.1 Å². The van der Waals surface area contributed by atoms with Crippen molar-refractivity contribution in [2.75, 3.05) is 13.7 Å². The first-order chi connectivity index (χ1) is 34.9. The molecule has 0 unspecified atom stereocenters. The lowest BCUT2D eigenvalue weighted by molar-refractivity contribution is -0.146. The number of aldehydes is 6. The quantitative estimate of drug-likeness (QED) is 0.0117.